The number of allylic oxidation sites excluding steroid dienone is 4. The second-order valence-corrected chi connectivity index (χ2v) is 9.10. The van der Waals surface area contributed by atoms with E-state index in [9.17, 15) is 14.4 Å². The van der Waals surface area contributed by atoms with Gasteiger partial charge in [0.05, 0.1) is 12.7 Å². The summed E-state index contributed by atoms with van der Waals surface area (Å²) in [5, 5.41) is 9.17. The smallest absolute Gasteiger partial charge is 0.159 e. The van der Waals surface area contributed by atoms with Gasteiger partial charge in [0.1, 0.15) is 17.6 Å². The number of carbonyl (C=O) groups is 1. The molecular weight excluding hydrogens is 415 g/mol. The van der Waals surface area contributed by atoms with Crippen molar-refractivity contribution >= 4 is 16.9 Å². The van der Waals surface area contributed by atoms with Gasteiger partial charge in [-0.3, -0.25) is 4.79 Å². The fourth-order valence-corrected chi connectivity index (χ4v) is 5.08. The number of halogens is 1. The van der Waals surface area contributed by atoms with Crippen molar-refractivity contribution in [3.8, 4) is 11.8 Å². The third-order valence-electron chi connectivity index (χ3n) is 6.91. The van der Waals surface area contributed by atoms with Crippen LogP contribution in [0.25, 0.3) is 11.1 Å². The highest BCUT2D eigenvalue weighted by Gasteiger charge is 2.31. The zero-order valence-corrected chi connectivity index (χ0v) is 19.1. The molecule has 2 aromatic carbocycles. The third-order valence-corrected chi connectivity index (χ3v) is 6.91. The number of nitrogens with two attached hydrogens (primary N) is 1. The number of rotatable bonds is 4. The minimum Gasteiger partial charge on any atom is -0.497 e. The van der Waals surface area contributed by atoms with Crippen LogP contribution in [0.5, 0.6) is 5.75 Å². The number of hydrogen-bond acceptors (Lipinski definition) is 4. The van der Waals surface area contributed by atoms with Crippen LogP contribution >= 0.6 is 0 Å². The quantitative estimate of drug-likeness (QED) is 0.659. The Bertz CT molecular complexity index is 1150. The first-order valence-corrected chi connectivity index (χ1v) is 11.5. The minimum atomic E-state index is -0.557. The number of carbonyl (C=O) groups excluding carboxylic acids is 1. The monoisotopic (exact) mass is 444 g/mol. The molecule has 0 amide bonds. The van der Waals surface area contributed by atoms with Crippen LogP contribution in [0.15, 0.2) is 54.1 Å². The van der Waals surface area contributed by atoms with Crippen LogP contribution in [0.3, 0.4) is 0 Å². The van der Waals surface area contributed by atoms with E-state index in [0.717, 1.165) is 53.7 Å². The number of hydrogen-bond donors (Lipinski definition) is 1. The Hall–Kier alpha value is -3.23. The maximum absolute atomic E-state index is 14.6. The van der Waals surface area contributed by atoms with Gasteiger partial charge in [-0.2, -0.15) is 5.26 Å². The number of benzene rings is 2. The molecule has 1 atom stereocenters. The van der Waals surface area contributed by atoms with Gasteiger partial charge in [-0.15, -0.1) is 0 Å². The Balaban J connectivity index is 1.91. The van der Waals surface area contributed by atoms with Gasteiger partial charge in [0.25, 0.3) is 0 Å². The molecule has 0 heterocycles. The van der Waals surface area contributed by atoms with E-state index in [1.54, 1.807) is 13.2 Å². The summed E-state index contributed by atoms with van der Waals surface area (Å²) in [4.78, 5) is 13.4. The molecule has 1 fully saturated rings. The molecule has 5 heteroatoms. The van der Waals surface area contributed by atoms with E-state index >= 15 is 0 Å². The molecular formula is C28H29FN2O2. The van der Waals surface area contributed by atoms with E-state index in [4.69, 9.17) is 10.5 Å². The van der Waals surface area contributed by atoms with Crippen molar-refractivity contribution < 1.29 is 13.9 Å². The summed E-state index contributed by atoms with van der Waals surface area (Å²) >= 11 is 0. The Morgan fingerprint density at radius 3 is 2.33 bits per heavy atom. The molecule has 33 heavy (non-hydrogen) atoms. The molecule has 1 saturated carbocycles. The lowest BCUT2D eigenvalue weighted by Crippen LogP contribution is -2.28. The van der Waals surface area contributed by atoms with Crippen LogP contribution in [0.1, 0.15) is 55.7 Å². The van der Waals surface area contributed by atoms with E-state index in [1.165, 1.54) is 12.1 Å². The van der Waals surface area contributed by atoms with Crippen LogP contribution in [0.4, 0.5) is 4.39 Å². The Morgan fingerprint density at radius 2 is 1.73 bits per heavy atom. The second-order valence-electron chi connectivity index (χ2n) is 9.10. The molecule has 0 bridgehead atoms. The van der Waals surface area contributed by atoms with Gasteiger partial charge in [0, 0.05) is 12.5 Å². The molecule has 170 valence electrons. The molecule has 4 rings (SSSR count). The molecule has 2 aromatic rings. The molecule has 2 aliphatic carbocycles. The van der Waals surface area contributed by atoms with Crippen LogP contribution in [-0.2, 0) is 4.79 Å². The first-order valence-electron chi connectivity index (χ1n) is 11.5. The summed E-state index contributed by atoms with van der Waals surface area (Å²) in [6, 6.07) is 14.5. The van der Waals surface area contributed by atoms with E-state index < -0.39 is 5.82 Å². The Morgan fingerprint density at radius 1 is 1.06 bits per heavy atom. The lowest BCUT2D eigenvalue weighted by Gasteiger charge is -2.27. The zero-order valence-electron chi connectivity index (χ0n) is 19.1. The highest BCUT2D eigenvalue weighted by Crippen LogP contribution is 2.42. The summed E-state index contributed by atoms with van der Waals surface area (Å²) in [7, 11) is 1.62. The second kappa shape index (κ2) is 9.72. The van der Waals surface area contributed by atoms with E-state index in [2.05, 4.69) is 0 Å². The van der Waals surface area contributed by atoms with Crippen LogP contribution in [0.2, 0.25) is 0 Å². The number of nitriles is 1. The van der Waals surface area contributed by atoms with Gasteiger partial charge < -0.3 is 10.5 Å². The van der Waals surface area contributed by atoms with Crippen molar-refractivity contribution in [3.63, 3.8) is 0 Å². The van der Waals surface area contributed by atoms with Gasteiger partial charge in [-0.25, -0.2) is 4.39 Å². The molecule has 0 saturated heterocycles. The molecule has 0 aliphatic heterocycles. The average molecular weight is 445 g/mol. The van der Waals surface area contributed by atoms with Crippen LogP contribution in [0, 0.1) is 29.0 Å². The fraction of sp³-hybridized carbons (Fsp3) is 0.357. The van der Waals surface area contributed by atoms with Gasteiger partial charge in [-0.1, -0.05) is 25.1 Å². The number of methoxy groups -OCH3 is 1. The zero-order chi connectivity index (χ0) is 23.5. The lowest BCUT2D eigenvalue weighted by molar-refractivity contribution is -0.116. The van der Waals surface area contributed by atoms with Crippen LogP contribution < -0.4 is 10.5 Å². The molecule has 1 unspecified atom stereocenters. The van der Waals surface area contributed by atoms with Crippen LogP contribution in [-0.4, -0.2) is 18.9 Å². The van der Waals surface area contributed by atoms with Crippen molar-refractivity contribution in [2.75, 3.05) is 7.11 Å². The number of nitrogens with zero attached hydrogens (tertiary/aromatic N) is 1. The van der Waals surface area contributed by atoms with Gasteiger partial charge in [0.15, 0.2) is 5.78 Å². The van der Waals surface area contributed by atoms with Gasteiger partial charge in [0.2, 0.25) is 0 Å². The predicted molar refractivity (Wildman–Crippen MR) is 128 cm³/mol. The van der Waals surface area contributed by atoms with Crippen molar-refractivity contribution in [2.24, 2.45) is 17.6 Å². The first kappa shape index (κ1) is 22.9. The van der Waals surface area contributed by atoms with Gasteiger partial charge in [-0.05, 0) is 95.7 Å². The molecule has 0 spiro atoms. The number of Topliss-reactive ketones (excluding diaryl/α,β-unsaturated/α-hetero) is 1. The third kappa shape index (κ3) is 4.77. The number of ketones is 1. The highest BCUT2D eigenvalue weighted by molar-refractivity contribution is 6.07. The Labute approximate surface area is 194 Å². The Kier molecular flexibility index (Phi) is 6.76. The lowest BCUT2D eigenvalue weighted by atomic mass is 9.79. The molecule has 0 radical (unpaired) electrons. The van der Waals surface area contributed by atoms with Crippen molar-refractivity contribution in [1.29, 1.82) is 5.26 Å². The van der Waals surface area contributed by atoms with E-state index in [-0.39, 0.29) is 29.2 Å². The summed E-state index contributed by atoms with van der Waals surface area (Å²) < 4.78 is 20.0. The SMILES string of the molecule is COc1ccc(C2=C(c3ccc(C#N)c(F)c3)C=C(C3CCC(N)CC3)C(=O)CC2C)cc1. The topological polar surface area (TPSA) is 76.1 Å². The molecule has 0 aromatic heterocycles. The van der Waals surface area contributed by atoms with E-state index in [1.807, 2.05) is 43.3 Å². The van der Waals surface area contributed by atoms with Crippen molar-refractivity contribution in [2.45, 2.75) is 45.1 Å². The predicted octanol–water partition coefficient (Wildman–Crippen LogP) is 5.67. The highest BCUT2D eigenvalue weighted by atomic mass is 19.1. The van der Waals surface area contributed by atoms with Crippen molar-refractivity contribution in [3.05, 3.63) is 76.6 Å². The largest absolute Gasteiger partial charge is 0.497 e. The summed E-state index contributed by atoms with van der Waals surface area (Å²) in [5.41, 5.74) is 10.4. The van der Waals surface area contributed by atoms with E-state index in [0.29, 0.717) is 12.0 Å². The molecule has 4 nitrogen and oxygen atoms in total. The minimum absolute atomic E-state index is 0.00793. The summed E-state index contributed by atoms with van der Waals surface area (Å²) in [6.07, 6.45) is 5.97. The maximum atomic E-state index is 14.6. The normalized spacial score (nSPS) is 23.5. The standard InChI is InChI=1S/C28H29FN2O2/c1-17-13-27(32)24(18-5-9-22(31)10-6-18)15-25(20-3-4-21(16-30)26(29)14-20)28(17)19-7-11-23(33-2)12-8-19/h3-4,7-8,11-12,14-15,17-18,22H,5-6,9-10,13,31H2,1-2H3. The number of ether oxygens (including phenoxy) is 1. The maximum Gasteiger partial charge on any atom is 0.159 e. The average Bonchev–Trinajstić information content (AvgIpc) is 2.95. The summed E-state index contributed by atoms with van der Waals surface area (Å²) in [5.74, 6) is 0.450. The van der Waals surface area contributed by atoms with Gasteiger partial charge >= 0.3 is 0 Å². The molecule has 2 aliphatic rings. The van der Waals surface area contributed by atoms with Crippen molar-refractivity contribution in [1.82, 2.24) is 0 Å². The molecule has 2 N–H and O–H groups in total. The first-order chi connectivity index (χ1) is 15.9. The summed E-state index contributed by atoms with van der Waals surface area (Å²) in [6.45, 7) is 2.05. The fourth-order valence-electron chi connectivity index (χ4n) is 5.08.